The maximum atomic E-state index is 6.23. The molecule has 1 N–H and O–H groups in total. The highest BCUT2D eigenvalue weighted by atomic mass is 35.5. The van der Waals surface area contributed by atoms with Crippen LogP contribution in [0.2, 0.25) is 5.02 Å². The highest BCUT2D eigenvalue weighted by Gasteiger charge is 2.32. The predicted molar refractivity (Wildman–Crippen MR) is 76.5 cm³/mol. The maximum Gasteiger partial charge on any atom is 0.0639 e. The fourth-order valence-electron chi connectivity index (χ4n) is 2.82. The van der Waals surface area contributed by atoms with Crippen LogP contribution in [0.1, 0.15) is 6.42 Å². The molecule has 0 unspecified atom stereocenters. The Morgan fingerprint density at radius 1 is 1.11 bits per heavy atom. The van der Waals surface area contributed by atoms with E-state index in [1.54, 1.807) is 0 Å². The topological polar surface area (TPSA) is 18.5 Å². The number of nitrogens with zero attached hydrogens (tertiary/aromatic N) is 2. The molecule has 0 radical (unpaired) electrons. The Labute approximate surface area is 114 Å². The van der Waals surface area contributed by atoms with Crippen molar-refractivity contribution in [2.75, 3.05) is 44.2 Å². The number of hydrogen-bond acceptors (Lipinski definition) is 3. The minimum absolute atomic E-state index is 0.709. The van der Waals surface area contributed by atoms with Gasteiger partial charge in [-0.1, -0.05) is 23.7 Å². The molecule has 0 aromatic heterocycles. The van der Waals surface area contributed by atoms with E-state index in [1.165, 1.54) is 25.2 Å². The largest absolute Gasteiger partial charge is 0.367 e. The Hall–Kier alpha value is -0.770. The summed E-state index contributed by atoms with van der Waals surface area (Å²) in [6.45, 7) is 6.93. The van der Waals surface area contributed by atoms with Gasteiger partial charge in [0.25, 0.3) is 0 Å². The molecule has 98 valence electrons. The number of halogens is 1. The zero-order chi connectivity index (χ0) is 12.4. The minimum Gasteiger partial charge on any atom is -0.367 e. The van der Waals surface area contributed by atoms with Gasteiger partial charge in [-0.2, -0.15) is 0 Å². The molecule has 2 aliphatic rings. The minimum atomic E-state index is 0.709. The van der Waals surface area contributed by atoms with Gasteiger partial charge in [0.2, 0.25) is 0 Å². The third-order valence-corrected chi connectivity index (χ3v) is 4.27. The highest BCUT2D eigenvalue weighted by molar-refractivity contribution is 6.33. The summed E-state index contributed by atoms with van der Waals surface area (Å²) in [4.78, 5) is 5.00. The second-order valence-corrected chi connectivity index (χ2v) is 5.56. The molecule has 0 aliphatic carbocycles. The first-order valence-electron chi connectivity index (χ1n) is 6.79. The summed E-state index contributed by atoms with van der Waals surface area (Å²) in [5.41, 5.74) is 1.18. The molecule has 0 bridgehead atoms. The van der Waals surface area contributed by atoms with Crippen LogP contribution in [-0.2, 0) is 0 Å². The van der Waals surface area contributed by atoms with E-state index in [-0.39, 0.29) is 0 Å². The zero-order valence-corrected chi connectivity index (χ0v) is 11.4. The Kier molecular flexibility index (Phi) is 3.73. The van der Waals surface area contributed by atoms with Crippen LogP contribution < -0.4 is 10.2 Å². The maximum absolute atomic E-state index is 6.23. The molecule has 0 saturated carbocycles. The van der Waals surface area contributed by atoms with Gasteiger partial charge in [0.1, 0.15) is 0 Å². The van der Waals surface area contributed by atoms with Gasteiger partial charge in [0, 0.05) is 32.2 Å². The summed E-state index contributed by atoms with van der Waals surface area (Å²) >= 11 is 6.23. The number of para-hydroxylation sites is 1. The molecule has 3 nitrogen and oxygen atoms in total. The number of anilines is 1. The first-order valence-corrected chi connectivity index (χ1v) is 7.16. The third-order valence-electron chi connectivity index (χ3n) is 3.95. The van der Waals surface area contributed by atoms with E-state index >= 15 is 0 Å². The summed E-state index contributed by atoms with van der Waals surface area (Å²) in [5, 5.41) is 4.32. The van der Waals surface area contributed by atoms with Crippen LogP contribution in [0.3, 0.4) is 0 Å². The first kappa shape index (κ1) is 12.3. The second-order valence-electron chi connectivity index (χ2n) is 5.15. The molecule has 2 saturated heterocycles. The summed E-state index contributed by atoms with van der Waals surface area (Å²) < 4.78 is 0. The van der Waals surface area contributed by atoms with Crippen molar-refractivity contribution in [2.45, 2.75) is 12.5 Å². The van der Waals surface area contributed by atoms with Crippen LogP contribution in [-0.4, -0.2) is 50.2 Å². The Bertz CT molecular complexity index is 396. The van der Waals surface area contributed by atoms with Gasteiger partial charge in [-0.05, 0) is 31.6 Å². The van der Waals surface area contributed by atoms with Gasteiger partial charge < -0.3 is 10.2 Å². The predicted octanol–water partition coefficient (Wildman–Crippen LogP) is 1.82. The van der Waals surface area contributed by atoms with Crippen molar-refractivity contribution >= 4 is 17.3 Å². The average molecular weight is 266 g/mol. The monoisotopic (exact) mass is 265 g/mol. The number of hydrogen-bond donors (Lipinski definition) is 1. The number of nitrogens with one attached hydrogen (secondary N) is 1. The number of rotatable bonds is 2. The molecule has 0 spiro atoms. The van der Waals surface area contributed by atoms with Crippen molar-refractivity contribution in [2.24, 2.45) is 0 Å². The molecule has 2 aliphatic heterocycles. The van der Waals surface area contributed by atoms with E-state index in [9.17, 15) is 0 Å². The van der Waals surface area contributed by atoms with Crippen LogP contribution in [0.25, 0.3) is 0 Å². The van der Waals surface area contributed by atoms with Crippen molar-refractivity contribution < 1.29 is 0 Å². The fraction of sp³-hybridized carbons (Fsp3) is 0.571. The lowest BCUT2D eigenvalue weighted by Crippen LogP contribution is -2.60. The lowest BCUT2D eigenvalue weighted by atomic mass is 10.1. The average Bonchev–Trinajstić information content (AvgIpc) is 2.59. The first-order chi connectivity index (χ1) is 8.84. The molecule has 2 heterocycles. The quantitative estimate of drug-likeness (QED) is 0.880. The van der Waals surface area contributed by atoms with E-state index in [2.05, 4.69) is 27.2 Å². The highest BCUT2D eigenvalue weighted by Crippen LogP contribution is 2.30. The molecule has 4 heteroatoms. The Morgan fingerprint density at radius 3 is 2.78 bits per heavy atom. The molecule has 2 fully saturated rings. The molecular formula is C14H20ClN3. The van der Waals surface area contributed by atoms with E-state index in [1.807, 2.05) is 12.1 Å². The van der Waals surface area contributed by atoms with Crippen LogP contribution >= 0.6 is 11.6 Å². The van der Waals surface area contributed by atoms with Gasteiger partial charge >= 0.3 is 0 Å². The number of benzene rings is 1. The van der Waals surface area contributed by atoms with Gasteiger partial charge in [-0.25, -0.2) is 0 Å². The standard InChI is InChI=1S/C14H20ClN3/c15-13-4-1-2-5-14(13)18-10-12(11-18)17-8-3-6-16-7-9-17/h1-2,4-5,12,16H,3,6-11H2. The SMILES string of the molecule is Clc1ccccc1N1CC(N2CCCNCC2)C1. The Balaban J connectivity index is 1.58. The molecule has 0 amide bonds. The van der Waals surface area contributed by atoms with Crippen molar-refractivity contribution in [1.29, 1.82) is 0 Å². The molecular weight excluding hydrogens is 246 g/mol. The summed E-state index contributed by atoms with van der Waals surface area (Å²) in [6, 6.07) is 8.84. The lowest BCUT2D eigenvalue weighted by Gasteiger charge is -2.46. The molecule has 0 atom stereocenters. The zero-order valence-electron chi connectivity index (χ0n) is 10.6. The fourth-order valence-corrected chi connectivity index (χ4v) is 3.08. The van der Waals surface area contributed by atoms with Crippen molar-refractivity contribution in [3.8, 4) is 0 Å². The van der Waals surface area contributed by atoms with Crippen LogP contribution in [0.4, 0.5) is 5.69 Å². The van der Waals surface area contributed by atoms with Crippen LogP contribution in [0, 0.1) is 0 Å². The van der Waals surface area contributed by atoms with Gasteiger partial charge in [0.05, 0.1) is 10.7 Å². The smallest absolute Gasteiger partial charge is 0.0639 e. The third kappa shape index (κ3) is 2.48. The second kappa shape index (κ2) is 5.47. The molecule has 1 aromatic carbocycles. The summed E-state index contributed by atoms with van der Waals surface area (Å²) in [7, 11) is 0. The van der Waals surface area contributed by atoms with Gasteiger partial charge in [0.15, 0.2) is 0 Å². The van der Waals surface area contributed by atoms with Crippen LogP contribution in [0.15, 0.2) is 24.3 Å². The molecule has 1 aromatic rings. The van der Waals surface area contributed by atoms with E-state index in [4.69, 9.17) is 11.6 Å². The summed E-state index contributed by atoms with van der Waals surface area (Å²) in [6.07, 6.45) is 1.27. The van der Waals surface area contributed by atoms with Crippen molar-refractivity contribution in [3.05, 3.63) is 29.3 Å². The summed E-state index contributed by atoms with van der Waals surface area (Å²) in [5.74, 6) is 0. The van der Waals surface area contributed by atoms with E-state index in [0.717, 1.165) is 31.2 Å². The molecule has 3 rings (SSSR count). The van der Waals surface area contributed by atoms with Gasteiger partial charge in [-0.15, -0.1) is 0 Å². The van der Waals surface area contributed by atoms with Gasteiger partial charge in [-0.3, -0.25) is 4.90 Å². The lowest BCUT2D eigenvalue weighted by molar-refractivity contribution is 0.177. The van der Waals surface area contributed by atoms with E-state index in [0.29, 0.717) is 6.04 Å². The van der Waals surface area contributed by atoms with Crippen LogP contribution in [0.5, 0.6) is 0 Å². The molecule has 18 heavy (non-hydrogen) atoms. The Morgan fingerprint density at radius 2 is 1.94 bits per heavy atom. The van der Waals surface area contributed by atoms with E-state index < -0.39 is 0 Å². The van der Waals surface area contributed by atoms with Crippen molar-refractivity contribution in [3.63, 3.8) is 0 Å². The van der Waals surface area contributed by atoms with Crippen molar-refractivity contribution in [1.82, 2.24) is 10.2 Å². The normalized spacial score (nSPS) is 22.6.